The van der Waals surface area contributed by atoms with Crippen molar-refractivity contribution in [2.45, 2.75) is 38.1 Å². The fraction of sp³-hybridized carbons (Fsp3) is 1.00. The summed E-state index contributed by atoms with van der Waals surface area (Å²) in [6, 6.07) is 0. The van der Waals surface area contributed by atoms with Crippen molar-refractivity contribution in [3.63, 3.8) is 0 Å². The first-order valence-corrected chi connectivity index (χ1v) is 5.88. The summed E-state index contributed by atoms with van der Waals surface area (Å²) in [6.07, 6.45) is 4.23. The third-order valence-electron chi connectivity index (χ3n) is 2.77. The standard InChI is InChI=1S/C11H20O4/c1-5-14-11(15-6-1)4-9-13-10-2-7-12-8-3-10/h10-11H,1-9H2. The van der Waals surface area contributed by atoms with Crippen LogP contribution in [0.15, 0.2) is 0 Å². The lowest BCUT2D eigenvalue weighted by atomic mass is 10.1. The topological polar surface area (TPSA) is 36.9 Å². The van der Waals surface area contributed by atoms with E-state index in [0.717, 1.165) is 58.7 Å². The van der Waals surface area contributed by atoms with Crippen molar-refractivity contribution in [3.05, 3.63) is 0 Å². The summed E-state index contributed by atoms with van der Waals surface area (Å²) >= 11 is 0. The summed E-state index contributed by atoms with van der Waals surface area (Å²) in [7, 11) is 0. The molecular weight excluding hydrogens is 196 g/mol. The van der Waals surface area contributed by atoms with Gasteiger partial charge in [-0.05, 0) is 19.3 Å². The molecule has 2 fully saturated rings. The molecule has 0 amide bonds. The van der Waals surface area contributed by atoms with Gasteiger partial charge in [-0.15, -0.1) is 0 Å². The molecule has 0 bridgehead atoms. The zero-order valence-electron chi connectivity index (χ0n) is 9.15. The van der Waals surface area contributed by atoms with Gasteiger partial charge in [0.1, 0.15) is 0 Å². The van der Waals surface area contributed by atoms with Crippen molar-refractivity contribution in [1.82, 2.24) is 0 Å². The summed E-state index contributed by atoms with van der Waals surface area (Å²) in [5, 5.41) is 0. The molecule has 88 valence electrons. The van der Waals surface area contributed by atoms with Gasteiger partial charge in [-0.25, -0.2) is 0 Å². The average Bonchev–Trinajstić information content (AvgIpc) is 2.32. The van der Waals surface area contributed by atoms with Crippen molar-refractivity contribution >= 4 is 0 Å². The van der Waals surface area contributed by atoms with E-state index in [1.54, 1.807) is 0 Å². The van der Waals surface area contributed by atoms with Gasteiger partial charge in [-0.2, -0.15) is 0 Å². The Morgan fingerprint density at radius 2 is 1.73 bits per heavy atom. The lowest BCUT2D eigenvalue weighted by Crippen LogP contribution is -2.28. The molecule has 0 aromatic carbocycles. The summed E-state index contributed by atoms with van der Waals surface area (Å²) in [5.41, 5.74) is 0. The lowest BCUT2D eigenvalue weighted by molar-refractivity contribution is -0.189. The van der Waals surface area contributed by atoms with E-state index in [1.165, 1.54) is 0 Å². The quantitative estimate of drug-likeness (QED) is 0.710. The smallest absolute Gasteiger partial charge is 0.159 e. The third-order valence-corrected chi connectivity index (χ3v) is 2.77. The number of ether oxygens (including phenoxy) is 4. The monoisotopic (exact) mass is 216 g/mol. The molecule has 0 unspecified atom stereocenters. The Kier molecular flexibility index (Phi) is 4.86. The van der Waals surface area contributed by atoms with E-state index in [-0.39, 0.29) is 6.29 Å². The molecule has 0 atom stereocenters. The van der Waals surface area contributed by atoms with Gasteiger partial charge in [0.05, 0.1) is 25.9 Å². The first-order valence-electron chi connectivity index (χ1n) is 5.88. The van der Waals surface area contributed by atoms with Crippen LogP contribution in [-0.4, -0.2) is 45.4 Å². The van der Waals surface area contributed by atoms with Crippen molar-refractivity contribution in [2.24, 2.45) is 0 Å². The van der Waals surface area contributed by atoms with Crippen molar-refractivity contribution in [1.29, 1.82) is 0 Å². The predicted molar refractivity (Wildman–Crippen MR) is 54.7 cm³/mol. The van der Waals surface area contributed by atoms with Gasteiger partial charge < -0.3 is 18.9 Å². The molecule has 0 saturated carbocycles. The average molecular weight is 216 g/mol. The maximum Gasteiger partial charge on any atom is 0.159 e. The molecule has 2 rings (SSSR count). The number of hydrogen-bond donors (Lipinski definition) is 0. The van der Waals surface area contributed by atoms with E-state index < -0.39 is 0 Å². The molecule has 2 aliphatic heterocycles. The summed E-state index contributed by atoms with van der Waals surface area (Å²) in [5.74, 6) is 0. The minimum atomic E-state index is -0.0430. The van der Waals surface area contributed by atoms with E-state index >= 15 is 0 Å². The molecular formula is C11H20O4. The molecule has 0 aromatic rings. The minimum absolute atomic E-state index is 0.0430. The molecule has 0 aliphatic carbocycles. The largest absolute Gasteiger partial charge is 0.381 e. The van der Waals surface area contributed by atoms with Crippen LogP contribution in [0, 0.1) is 0 Å². The highest BCUT2D eigenvalue weighted by molar-refractivity contribution is 4.62. The molecule has 2 saturated heterocycles. The zero-order valence-corrected chi connectivity index (χ0v) is 9.15. The molecule has 4 nitrogen and oxygen atoms in total. The number of hydrogen-bond acceptors (Lipinski definition) is 4. The third kappa shape index (κ3) is 4.07. The predicted octanol–water partition coefficient (Wildman–Crippen LogP) is 1.34. The Balaban J connectivity index is 1.53. The highest BCUT2D eigenvalue weighted by Gasteiger charge is 2.17. The van der Waals surface area contributed by atoms with Gasteiger partial charge >= 0.3 is 0 Å². The van der Waals surface area contributed by atoms with Crippen LogP contribution >= 0.6 is 0 Å². The van der Waals surface area contributed by atoms with E-state index in [9.17, 15) is 0 Å². The van der Waals surface area contributed by atoms with Gasteiger partial charge in [0, 0.05) is 19.6 Å². The minimum Gasteiger partial charge on any atom is -0.381 e. The second kappa shape index (κ2) is 6.43. The Morgan fingerprint density at radius 3 is 2.47 bits per heavy atom. The van der Waals surface area contributed by atoms with Crippen molar-refractivity contribution in [3.8, 4) is 0 Å². The lowest BCUT2D eigenvalue weighted by Gasteiger charge is -2.25. The van der Waals surface area contributed by atoms with Crippen LogP contribution in [0.2, 0.25) is 0 Å². The maximum absolute atomic E-state index is 5.75. The normalized spacial score (nSPS) is 25.6. The molecule has 0 aromatic heterocycles. The van der Waals surface area contributed by atoms with Crippen LogP contribution in [0.5, 0.6) is 0 Å². The van der Waals surface area contributed by atoms with E-state index in [4.69, 9.17) is 18.9 Å². The van der Waals surface area contributed by atoms with Crippen LogP contribution in [0.25, 0.3) is 0 Å². The van der Waals surface area contributed by atoms with Crippen molar-refractivity contribution < 1.29 is 18.9 Å². The molecule has 0 spiro atoms. The Labute approximate surface area is 90.8 Å². The molecule has 2 heterocycles. The second-order valence-corrected chi connectivity index (χ2v) is 4.00. The van der Waals surface area contributed by atoms with Gasteiger partial charge in [0.2, 0.25) is 0 Å². The van der Waals surface area contributed by atoms with Gasteiger partial charge in [0.25, 0.3) is 0 Å². The fourth-order valence-corrected chi connectivity index (χ4v) is 1.88. The number of rotatable bonds is 4. The van der Waals surface area contributed by atoms with Gasteiger partial charge in [-0.1, -0.05) is 0 Å². The van der Waals surface area contributed by atoms with Crippen LogP contribution in [0.1, 0.15) is 25.7 Å². The zero-order chi connectivity index (χ0) is 10.3. The first kappa shape index (κ1) is 11.3. The van der Waals surface area contributed by atoms with E-state index in [1.807, 2.05) is 0 Å². The first-order chi connectivity index (χ1) is 7.45. The SMILES string of the molecule is C1COC(CCOC2CCOCC2)OC1. The van der Waals surface area contributed by atoms with E-state index in [2.05, 4.69) is 0 Å². The highest BCUT2D eigenvalue weighted by atomic mass is 16.7. The summed E-state index contributed by atoms with van der Waals surface area (Å²) in [6.45, 7) is 4.04. The Bertz CT molecular complexity index is 144. The highest BCUT2D eigenvalue weighted by Crippen LogP contribution is 2.13. The van der Waals surface area contributed by atoms with E-state index in [0.29, 0.717) is 6.10 Å². The van der Waals surface area contributed by atoms with Crippen LogP contribution in [-0.2, 0) is 18.9 Å². The van der Waals surface area contributed by atoms with Crippen LogP contribution in [0.4, 0.5) is 0 Å². The molecule has 0 radical (unpaired) electrons. The Hall–Kier alpha value is -0.160. The van der Waals surface area contributed by atoms with Crippen molar-refractivity contribution in [2.75, 3.05) is 33.0 Å². The Morgan fingerprint density at radius 1 is 1.00 bits per heavy atom. The summed E-state index contributed by atoms with van der Waals surface area (Å²) < 4.78 is 21.9. The summed E-state index contributed by atoms with van der Waals surface area (Å²) in [4.78, 5) is 0. The van der Waals surface area contributed by atoms with Crippen LogP contribution < -0.4 is 0 Å². The molecule has 4 heteroatoms. The van der Waals surface area contributed by atoms with Crippen LogP contribution in [0.3, 0.4) is 0 Å². The fourth-order valence-electron chi connectivity index (χ4n) is 1.88. The second-order valence-electron chi connectivity index (χ2n) is 4.00. The van der Waals surface area contributed by atoms with Gasteiger partial charge in [-0.3, -0.25) is 0 Å². The molecule has 15 heavy (non-hydrogen) atoms. The maximum atomic E-state index is 5.75. The molecule has 2 aliphatic rings. The molecule has 0 N–H and O–H groups in total. The van der Waals surface area contributed by atoms with Gasteiger partial charge in [0.15, 0.2) is 6.29 Å².